The zero-order valence-corrected chi connectivity index (χ0v) is 11.1. The molecule has 0 radical (unpaired) electrons. The van der Waals surface area contributed by atoms with Crippen LogP contribution in [0.1, 0.15) is 29.4 Å². The zero-order valence-electron chi connectivity index (χ0n) is 11.1. The Labute approximate surface area is 107 Å². The molecule has 3 N–H and O–H groups in total. The van der Waals surface area contributed by atoms with Crippen molar-refractivity contribution in [1.29, 1.82) is 0 Å². The number of hydrazine groups is 1. The predicted octanol–water partition coefficient (Wildman–Crippen LogP) is 1.40. The van der Waals surface area contributed by atoms with E-state index in [0.717, 1.165) is 18.2 Å². The van der Waals surface area contributed by atoms with Gasteiger partial charge in [0.1, 0.15) is 0 Å². The lowest BCUT2D eigenvalue weighted by Crippen LogP contribution is -2.30. The number of rotatable bonds is 4. The van der Waals surface area contributed by atoms with E-state index >= 15 is 0 Å². The van der Waals surface area contributed by atoms with Crippen molar-refractivity contribution in [2.24, 2.45) is 17.7 Å². The standard InChI is InChI=1S/C13H20N4O/c1-8-4-10(8)7-17(3)13(18)11-6-15-9(2)5-12(11)16-14/h5-6,8,10H,4,7,14H2,1-3H3,(H,15,16). The summed E-state index contributed by atoms with van der Waals surface area (Å²) in [4.78, 5) is 18.2. The van der Waals surface area contributed by atoms with Gasteiger partial charge in [-0.25, -0.2) is 0 Å². The second-order valence-electron chi connectivity index (χ2n) is 5.17. The minimum Gasteiger partial charge on any atom is -0.341 e. The first-order valence-electron chi connectivity index (χ1n) is 6.21. The summed E-state index contributed by atoms with van der Waals surface area (Å²) in [6, 6.07) is 1.78. The Hall–Kier alpha value is -1.62. The molecule has 2 rings (SSSR count). The van der Waals surface area contributed by atoms with Crippen LogP contribution in [0.4, 0.5) is 5.69 Å². The molecule has 2 atom stereocenters. The highest BCUT2D eigenvalue weighted by molar-refractivity contribution is 5.99. The highest BCUT2D eigenvalue weighted by atomic mass is 16.2. The molecule has 1 aromatic rings. The number of nitrogens with zero attached hydrogens (tertiary/aromatic N) is 2. The molecule has 1 aliphatic rings. The van der Waals surface area contributed by atoms with Gasteiger partial charge < -0.3 is 10.3 Å². The molecule has 5 heteroatoms. The number of pyridine rings is 1. The van der Waals surface area contributed by atoms with E-state index in [0.29, 0.717) is 17.2 Å². The number of nitrogens with one attached hydrogen (secondary N) is 1. The molecule has 1 fully saturated rings. The van der Waals surface area contributed by atoms with Gasteiger partial charge in [0.15, 0.2) is 0 Å². The number of nitrogens with two attached hydrogens (primary N) is 1. The first-order chi connectivity index (χ1) is 8.52. The molecule has 18 heavy (non-hydrogen) atoms. The molecular weight excluding hydrogens is 228 g/mol. The summed E-state index contributed by atoms with van der Waals surface area (Å²) in [6.45, 7) is 4.88. The van der Waals surface area contributed by atoms with E-state index in [-0.39, 0.29) is 5.91 Å². The summed E-state index contributed by atoms with van der Waals surface area (Å²) in [7, 11) is 1.83. The molecule has 0 aliphatic heterocycles. The van der Waals surface area contributed by atoms with Crippen LogP contribution >= 0.6 is 0 Å². The average molecular weight is 248 g/mol. The number of aromatic nitrogens is 1. The molecule has 0 aromatic carbocycles. The van der Waals surface area contributed by atoms with Crippen molar-refractivity contribution in [3.63, 3.8) is 0 Å². The number of aryl methyl sites for hydroxylation is 1. The Morgan fingerprint density at radius 3 is 2.89 bits per heavy atom. The van der Waals surface area contributed by atoms with Crippen LogP contribution in [0.3, 0.4) is 0 Å². The SMILES string of the molecule is Cc1cc(NN)c(C(=O)N(C)CC2CC2C)cn1. The van der Waals surface area contributed by atoms with E-state index in [1.54, 1.807) is 17.2 Å². The molecule has 98 valence electrons. The summed E-state index contributed by atoms with van der Waals surface area (Å²) >= 11 is 0. The van der Waals surface area contributed by atoms with E-state index in [1.807, 2.05) is 14.0 Å². The maximum Gasteiger partial charge on any atom is 0.257 e. The van der Waals surface area contributed by atoms with Crippen molar-refractivity contribution in [1.82, 2.24) is 9.88 Å². The zero-order chi connectivity index (χ0) is 13.3. The number of hydrogen-bond acceptors (Lipinski definition) is 4. The van der Waals surface area contributed by atoms with Gasteiger partial charge in [-0.2, -0.15) is 0 Å². The van der Waals surface area contributed by atoms with Crippen molar-refractivity contribution in [3.8, 4) is 0 Å². The fourth-order valence-corrected chi connectivity index (χ4v) is 2.14. The first kappa shape index (κ1) is 12.8. The van der Waals surface area contributed by atoms with Gasteiger partial charge >= 0.3 is 0 Å². The second-order valence-corrected chi connectivity index (χ2v) is 5.17. The number of amides is 1. The molecule has 1 saturated carbocycles. The highest BCUT2D eigenvalue weighted by Crippen LogP contribution is 2.38. The topological polar surface area (TPSA) is 71.2 Å². The van der Waals surface area contributed by atoms with Crippen LogP contribution in [0.5, 0.6) is 0 Å². The van der Waals surface area contributed by atoms with E-state index < -0.39 is 0 Å². The Morgan fingerprint density at radius 2 is 2.33 bits per heavy atom. The van der Waals surface area contributed by atoms with Crippen LogP contribution in [-0.4, -0.2) is 29.4 Å². The molecule has 1 heterocycles. The minimum absolute atomic E-state index is 0.0328. The van der Waals surface area contributed by atoms with Gasteiger partial charge in [0, 0.05) is 25.5 Å². The Kier molecular flexibility index (Phi) is 3.52. The Balaban J connectivity index is 2.12. The number of carbonyl (C=O) groups is 1. The smallest absolute Gasteiger partial charge is 0.257 e. The van der Waals surface area contributed by atoms with Crippen LogP contribution in [-0.2, 0) is 0 Å². The number of carbonyl (C=O) groups excluding carboxylic acids is 1. The van der Waals surface area contributed by atoms with Crippen molar-refractivity contribution >= 4 is 11.6 Å². The van der Waals surface area contributed by atoms with Gasteiger partial charge in [0.05, 0.1) is 11.3 Å². The van der Waals surface area contributed by atoms with Crippen LogP contribution < -0.4 is 11.3 Å². The maximum absolute atomic E-state index is 12.3. The van der Waals surface area contributed by atoms with Crippen molar-refractivity contribution < 1.29 is 4.79 Å². The molecule has 5 nitrogen and oxygen atoms in total. The van der Waals surface area contributed by atoms with Gasteiger partial charge in [-0.05, 0) is 31.2 Å². The van der Waals surface area contributed by atoms with Gasteiger partial charge in [0.25, 0.3) is 5.91 Å². The van der Waals surface area contributed by atoms with E-state index in [4.69, 9.17) is 5.84 Å². The summed E-state index contributed by atoms with van der Waals surface area (Å²) in [5, 5.41) is 0. The molecule has 0 bridgehead atoms. The third-order valence-corrected chi connectivity index (χ3v) is 3.56. The van der Waals surface area contributed by atoms with E-state index in [2.05, 4.69) is 17.3 Å². The molecule has 1 amide bonds. The Bertz CT molecular complexity index is 460. The van der Waals surface area contributed by atoms with Crippen molar-refractivity contribution in [3.05, 3.63) is 23.5 Å². The van der Waals surface area contributed by atoms with Gasteiger partial charge in [-0.3, -0.25) is 15.6 Å². The number of hydrogen-bond donors (Lipinski definition) is 2. The Morgan fingerprint density at radius 1 is 1.67 bits per heavy atom. The third kappa shape index (κ3) is 2.61. The van der Waals surface area contributed by atoms with Crippen molar-refractivity contribution in [2.45, 2.75) is 20.3 Å². The van der Waals surface area contributed by atoms with Crippen LogP contribution in [0.15, 0.2) is 12.3 Å². The third-order valence-electron chi connectivity index (χ3n) is 3.56. The predicted molar refractivity (Wildman–Crippen MR) is 71.0 cm³/mol. The molecule has 1 aromatic heterocycles. The highest BCUT2D eigenvalue weighted by Gasteiger charge is 2.34. The lowest BCUT2D eigenvalue weighted by atomic mass is 10.2. The van der Waals surface area contributed by atoms with Crippen molar-refractivity contribution in [2.75, 3.05) is 19.0 Å². The van der Waals surface area contributed by atoms with Crippen LogP contribution in [0.25, 0.3) is 0 Å². The van der Waals surface area contributed by atoms with E-state index in [9.17, 15) is 4.79 Å². The molecular formula is C13H20N4O. The summed E-state index contributed by atoms with van der Waals surface area (Å²) < 4.78 is 0. The normalized spacial score (nSPS) is 21.6. The number of nitrogen functional groups attached to an aromatic ring is 1. The van der Waals surface area contributed by atoms with Gasteiger partial charge in [0.2, 0.25) is 0 Å². The molecule has 0 saturated heterocycles. The molecule has 1 aliphatic carbocycles. The summed E-state index contributed by atoms with van der Waals surface area (Å²) in [6.07, 6.45) is 2.80. The lowest BCUT2D eigenvalue weighted by molar-refractivity contribution is 0.0787. The van der Waals surface area contributed by atoms with Crippen LogP contribution in [0, 0.1) is 18.8 Å². The number of anilines is 1. The van der Waals surface area contributed by atoms with Crippen LogP contribution in [0.2, 0.25) is 0 Å². The monoisotopic (exact) mass is 248 g/mol. The van der Waals surface area contributed by atoms with Gasteiger partial charge in [-0.15, -0.1) is 0 Å². The summed E-state index contributed by atoms with van der Waals surface area (Å²) in [5.41, 5.74) is 4.55. The maximum atomic E-state index is 12.3. The first-order valence-corrected chi connectivity index (χ1v) is 6.21. The largest absolute Gasteiger partial charge is 0.341 e. The minimum atomic E-state index is -0.0328. The quantitative estimate of drug-likeness (QED) is 0.624. The van der Waals surface area contributed by atoms with E-state index in [1.165, 1.54) is 6.42 Å². The second kappa shape index (κ2) is 4.94. The lowest BCUT2D eigenvalue weighted by Gasteiger charge is -2.18. The molecule has 0 spiro atoms. The fraction of sp³-hybridized carbons (Fsp3) is 0.538. The fourth-order valence-electron chi connectivity index (χ4n) is 2.14. The van der Waals surface area contributed by atoms with Gasteiger partial charge in [-0.1, -0.05) is 6.92 Å². The molecule has 2 unspecified atom stereocenters. The average Bonchev–Trinajstić information content (AvgIpc) is 3.03. The summed E-state index contributed by atoms with van der Waals surface area (Å²) in [5.74, 6) is 6.80.